The van der Waals surface area contributed by atoms with Crippen LogP contribution in [0.15, 0.2) is 40.4 Å². The van der Waals surface area contributed by atoms with Gasteiger partial charge in [-0.15, -0.1) is 0 Å². The quantitative estimate of drug-likeness (QED) is 0.676. The van der Waals surface area contributed by atoms with Crippen molar-refractivity contribution in [1.82, 2.24) is 10.2 Å². The number of hydrogen-bond donors (Lipinski definition) is 1. The molecule has 0 radical (unpaired) electrons. The highest BCUT2D eigenvalue weighted by atomic mass is 32.1. The summed E-state index contributed by atoms with van der Waals surface area (Å²) in [5, 5.41) is 3.26. The van der Waals surface area contributed by atoms with Crippen molar-refractivity contribution in [3.63, 3.8) is 0 Å². The highest BCUT2D eigenvalue weighted by Gasteiger charge is 2.27. The number of furan rings is 1. The third kappa shape index (κ3) is 3.17. The minimum Gasteiger partial charge on any atom is -0.486 e. The van der Waals surface area contributed by atoms with E-state index in [2.05, 4.69) is 17.4 Å². The lowest BCUT2D eigenvalue weighted by Crippen LogP contribution is -2.25. The molecular formula is C19H18N2O3S. The number of rotatable bonds is 4. The molecule has 128 valence electrons. The molecule has 25 heavy (non-hydrogen) atoms. The summed E-state index contributed by atoms with van der Waals surface area (Å²) in [7, 11) is 1.64. The lowest BCUT2D eigenvalue weighted by atomic mass is 10.1. The summed E-state index contributed by atoms with van der Waals surface area (Å²) in [5.41, 5.74) is 3.22. The van der Waals surface area contributed by atoms with Crippen LogP contribution >= 0.6 is 12.2 Å². The van der Waals surface area contributed by atoms with Crippen molar-refractivity contribution < 1.29 is 13.9 Å². The van der Waals surface area contributed by atoms with Gasteiger partial charge in [0.25, 0.3) is 5.91 Å². The molecular weight excluding hydrogens is 336 g/mol. The van der Waals surface area contributed by atoms with Gasteiger partial charge in [0.1, 0.15) is 29.6 Å². The molecule has 1 aliphatic carbocycles. The van der Waals surface area contributed by atoms with Crippen molar-refractivity contribution in [3.8, 4) is 5.75 Å². The molecule has 2 aromatic rings. The first-order chi connectivity index (χ1) is 12.1. The van der Waals surface area contributed by atoms with Crippen LogP contribution in [0.5, 0.6) is 5.75 Å². The van der Waals surface area contributed by atoms with E-state index in [0.29, 0.717) is 28.9 Å². The van der Waals surface area contributed by atoms with Crippen LogP contribution in [0, 0.1) is 0 Å². The lowest BCUT2D eigenvalue weighted by molar-refractivity contribution is -0.121. The van der Waals surface area contributed by atoms with E-state index in [1.54, 1.807) is 13.1 Å². The van der Waals surface area contributed by atoms with Crippen molar-refractivity contribution in [2.45, 2.75) is 25.9 Å². The fourth-order valence-corrected chi connectivity index (χ4v) is 3.30. The molecule has 0 atom stereocenters. The van der Waals surface area contributed by atoms with E-state index >= 15 is 0 Å². The Labute approximate surface area is 151 Å². The molecule has 1 amide bonds. The number of ether oxygens (including phenoxy) is 1. The van der Waals surface area contributed by atoms with Gasteiger partial charge in [-0.1, -0.05) is 6.07 Å². The average molecular weight is 354 g/mol. The smallest absolute Gasteiger partial charge is 0.276 e. The first-order valence-corrected chi connectivity index (χ1v) is 8.65. The van der Waals surface area contributed by atoms with Crippen LogP contribution in [0.25, 0.3) is 6.08 Å². The second kappa shape index (κ2) is 6.37. The van der Waals surface area contributed by atoms with Gasteiger partial charge in [-0.25, -0.2) is 0 Å². The largest absolute Gasteiger partial charge is 0.486 e. The normalized spacial score (nSPS) is 18.0. The molecule has 1 aromatic carbocycles. The predicted molar refractivity (Wildman–Crippen MR) is 98.0 cm³/mol. The van der Waals surface area contributed by atoms with E-state index in [1.165, 1.54) is 22.4 Å². The molecule has 0 unspecified atom stereocenters. The van der Waals surface area contributed by atoms with Crippen LogP contribution in [-0.4, -0.2) is 23.0 Å². The number of nitrogens with one attached hydrogen (secondary N) is 1. The van der Waals surface area contributed by atoms with Crippen LogP contribution in [0.1, 0.15) is 29.1 Å². The fourth-order valence-electron chi connectivity index (χ4n) is 3.11. The molecule has 1 aliphatic heterocycles. The zero-order valence-corrected chi connectivity index (χ0v) is 14.7. The summed E-state index contributed by atoms with van der Waals surface area (Å²) in [6, 6.07) is 9.93. The maximum absolute atomic E-state index is 12.0. The zero-order chi connectivity index (χ0) is 17.4. The molecule has 1 N–H and O–H groups in total. The number of aryl methyl sites for hydroxylation is 2. The Bertz CT molecular complexity index is 885. The first kappa shape index (κ1) is 15.9. The van der Waals surface area contributed by atoms with E-state index in [-0.39, 0.29) is 5.91 Å². The zero-order valence-electron chi connectivity index (χ0n) is 13.9. The third-order valence-corrected chi connectivity index (χ3v) is 4.88. The number of benzene rings is 1. The third-order valence-electron chi connectivity index (χ3n) is 4.50. The van der Waals surface area contributed by atoms with Crippen molar-refractivity contribution in [3.05, 3.63) is 58.7 Å². The Balaban J connectivity index is 1.42. The Morgan fingerprint density at radius 2 is 2.12 bits per heavy atom. The molecule has 2 heterocycles. The van der Waals surface area contributed by atoms with E-state index in [0.717, 1.165) is 18.6 Å². The Morgan fingerprint density at radius 3 is 2.92 bits per heavy atom. The highest BCUT2D eigenvalue weighted by molar-refractivity contribution is 7.80. The van der Waals surface area contributed by atoms with Gasteiger partial charge in [-0.2, -0.15) is 0 Å². The summed E-state index contributed by atoms with van der Waals surface area (Å²) in [4.78, 5) is 13.4. The van der Waals surface area contributed by atoms with Gasteiger partial charge in [-0.05, 0) is 66.9 Å². The van der Waals surface area contributed by atoms with Gasteiger partial charge < -0.3 is 14.5 Å². The summed E-state index contributed by atoms with van der Waals surface area (Å²) in [6.45, 7) is 0.349. The first-order valence-electron chi connectivity index (χ1n) is 8.24. The molecule has 0 saturated carbocycles. The van der Waals surface area contributed by atoms with E-state index < -0.39 is 0 Å². The number of nitrogens with zero attached hydrogens (tertiary/aromatic N) is 1. The van der Waals surface area contributed by atoms with Gasteiger partial charge in [-0.3, -0.25) is 9.69 Å². The maximum Gasteiger partial charge on any atom is 0.276 e. The van der Waals surface area contributed by atoms with Crippen LogP contribution < -0.4 is 10.1 Å². The topological polar surface area (TPSA) is 54.7 Å². The Hall–Kier alpha value is -2.60. The lowest BCUT2D eigenvalue weighted by Gasteiger charge is -2.06. The Kier molecular flexibility index (Phi) is 4.05. The van der Waals surface area contributed by atoms with Crippen LogP contribution in [0.4, 0.5) is 0 Å². The molecule has 0 spiro atoms. The van der Waals surface area contributed by atoms with E-state index in [1.807, 2.05) is 18.2 Å². The van der Waals surface area contributed by atoms with Gasteiger partial charge in [0.2, 0.25) is 0 Å². The van der Waals surface area contributed by atoms with Gasteiger partial charge >= 0.3 is 0 Å². The van der Waals surface area contributed by atoms with Gasteiger partial charge in [0, 0.05) is 13.1 Å². The van der Waals surface area contributed by atoms with Gasteiger partial charge in [0.15, 0.2) is 5.11 Å². The maximum atomic E-state index is 12.0. The number of thiocarbonyl (C=S) groups is 1. The van der Waals surface area contributed by atoms with Crippen LogP contribution in [0.3, 0.4) is 0 Å². The number of carbonyl (C=O) groups excluding carboxylic acids is 1. The molecule has 1 aromatic heterocycles. The molecule has 2 aliphatic rings. The van der Waals surface area contributed by atoms with Crippen LogP contribution in [-0.2, 0) is 24.2 Å². The van der Waals surface area contributed by atoms with E-state index in [4.69, 9.17) is 21.4 Å². The number of likely N-dealkylation sites (N-methyl/N-ethyl adjacent to an activating group) is 1. The monoisotopic (exact) mass is 354 g/mol. The van der Waals surface area contributed by atoms with Crippen molar-refractivity contribution >= 4 is 29.3 Å². The predicted octanol–water partition coefficient (Wildman–Crippen LogP) is 3.03. The summed E-state index contributed by atoms with van der Waals surface area (Å²) < 4.78 is 11.6. The second-order valence-corrected chi connectivity index (χ2v) is 6.62. The number of carbonyl (C=O) groups is 1. The minimum atomic E-state index is -0.169. The van der Waals surface area contributed by atoms with Crippen molar-refractivity contribution in [1.29, 1.82) is 0 Å². The summed E-state index contributed by atoms with van der Waals surface area (Å²) >= 11 is 5.05. The van der Waals surface area contributed by atoms with Crippen molar-refractivity contribution in [2.24, 2.45) is 0 Å². The standard InChI is InChI=1S/C19H18N2O3S/c1-21-18(22)17(20-19(21)25)10-15-7-8-16(24-15)11-23-14-6-5-12-3-2-4-13(12)9-14/h5-10H,2-4,11H2,1H3,(H,20,25)/b17-10+. The molecule has 4 rings (SSSR count). The average Bonchev–Trinajstić information content (AvgIpc) is 3.30. The number of amides is 1. The summed E-state index contributed by atoms with van der Waals surface area (Å²) in [5.74, 6) is 1.98. The van der Waals surface area contributed by atoms with Crippen LogP contribution in [0.2, 0.25) is 0 Å². The SMILES string of the molecule is CN1C(=O)/C(=C\c2ccc(COc3ccc4c(c3)CCC4)o2)NC1=S. The minimum absolute atomic E-state index is 0.169. The summed E-state index contributed by atoms with van der Waals surface area (Å²) in [6.07, 6.45) is 5.16. The molecule has 0 bridgehead atoms. The second-order valence-electron chi connectivity index (χ2n) is 6.23. The van der Waals surface area contributed by atoms with Gasteiger partial charge in [0.05, 0.1) is 0 Å². The molecule has 6 heteroatoms. The van der Waals surface area contributed by atoms with Crippen molar-refractivity contribution in [2.75, 3.05) is 7.05 Å². The van der Waals surface area contributed by atoms with E-state index in [9.17, 15) is 4.79 Å². The highest BCUT2D eigenvalue weighted by Crippen LogP contribution is 2.26. The number of hydrogen-bond acceptors (Lipinski definition) is 4. The molecule has 5 nitrogen and oxygen atoms in total. The Morgan fingerprint density at radius 1 is 1.28 bits per heavy atom. The number of fused-ring (bicyclic) bond motifs is 1. The molecule has 1 fully saturated rings. The fraction of sp³-hybridized carbons (Fsp3) is 0.263. The molecule has 1 saturated heterocycles.